The maximum atomic E-state index is 12.1. The summed E-state index contributed by atoms with van der Waals surface area (Å²) in [6.45, 7) is 0.163. The van der Waals surface area contributed by atoms with Gasteiger partial charge in [-0.05, 0) is 31.0 Å². The Labute approximate surface area is 183 Å². The molecule has 0 atom stereocenters. The van der Waals surface area contributed by atoms with E-state index in [0.29, 0.717) is 40.8 Å². The number of amidine groups is 1. The SMILES string of the molecule is O=C(CCCCCN=C1NS(=O)(=O)c2ccccc21)OCC(=O)c1ccccc1Br. The molecule has 0 saturated carbocycles. The fourth-order valence-electron chi connectivity index (χ4n) is 2.98. The van der Waals surface area contributed by atoms with Gasteiger partial charge in [0.25, 0.3) is 10.0 Å². The highest BCUT2D eigenvalue weighted by Crippen LogP contribution is 2.22. The normalized spacial score (nSPS) is 15.4. The molecule has 7 nitrogen and oxygen atoms in total. The molecule has 30 heavy (non-hydrogen) atoms. The minimum absolute atomic E-state index is 0.218. The molecule has 0 aromatic heterocycles. The zero-order chi connectivity index (χ0) is 21.6. The highest BCUT2D eigenvalue weighted by atomic mass is 79.9. The summed E-state index contributed by atoms with van der Waals surface area (Å²) in [5.41, 5.74) is 1.06. The molecule has 0 bridgehead atoms. The Morgan fingerprint density at radius 1 is 1.00 bits per heavy atom. The van der Waals surface area contributed by atoms with Crippen LogP contribution in [-0.2, 0) is 19.6 Å². The minimum Gasteiger partial charge on any atom is -0.457 e. The molecular weight excluding hydrogens is 472 g/mol. The van der Waals surface area contributed by atoms with Crippen LogP contribution in [-0.4, -0.2) is 39.2 Å². The number of carbonyl (C=O) groups is 2. The summed E-state index contributed by atoms with van der Waals surface area (Å²) in [5.74, 6) is -0.319. The number of benzene rings is 2. The van der Waals surface area contributed by atoms with Crippen molar-refractivity contribution in [1.82, 2.24) is 4.72 Å². The maximum absolute atomic E-state index is 12.1. The van der Waals surface area contributed by atoms with Gasteiger partial charge in [-0.15, -0.1) is 0 Å². The average molecular weight is 493 g/mol. The number of carbonyl (C=O) groups excluding carboxylic acids is 2. The number of rotatable bonds is 9. The van der Waals surface area contributed by atoms with Gasteiger partial charge in [0.05, 0.1) is 4.90 Å². The minimum atomic E-state index is -3.52. The van der Waals surface area contributed by atoms with Crippen molar-refractivity contribution >= 4 is 43.5 Å². The number of nitrogens with zero attached hydrogens (tertiary/aromatic N) is 1. The fourth-order valence-corrected chi connectivity index (χ4v) is 4.74. The van der Waals surface area contributed by atoms with E-state index in [4.69, 9.17) is 4.74 Å². The molecule has 0 fully saturated rings. The second kappa shape index (κ2) is 9.99. The molecule has 3 rings (SSSR count). The molecule has 9 heteroatoms. The molecule has 2 aromatic rings. The van der Waals surface area contributed by atoms with Gasteiger partial charge in [-0.2, -0.15) is 0 Å². The number of Topliss-reactive ketones (excluding diaryl/α,β-unsaturated/α-hetero) is 1. The third-order valence-corrected chi connectivity index (χ3v) is 6.60. The number of hydrogen-bond acceptors (Lipinski definition) is 6. The second-order valence-corrected chi connectivity index (χ2v) is 9.21. The summed E-state index contributed by atoms with van der Waals surface area (Å²) >= 11 is 3.30. The van der Waals surface area contributed by atoms with E-state index in [1.807, 2.05) is 0 Å². The second-order valence-electron chi connectivity index (χ2n) is 6.71. The van der Waals surface area contributed by atoms with Crippen LogP contribution >= 0.6 is 15.9 Å². The van der Waals surface area contributed by atoms with Crippen molar-refractivity contribution in [1.29, 1.82) is 0 Å². The first-order chi connectivity index (χ1) is 14.4. The first kappa shape index (κ1) is 22.2. The van der Waals surface area contributed by atoms with Crippen LogP contribution in [0.4, 0.5) is 0 Å². The number of unbranched alkanes of at least 4 members (excludes halogenated alkanes) is 2. The number of fused-ring (bicyclic) bond motifs is 1. The number of ether oxygens (including phenoxy) is 1. The highest BCUT2D eigenvalue weighted by molar-refractivity contribution is 9.10. The molecule has 0 unspecified atom stereocenters. The lowest BCUT2D eigenvalue weighted by Gasteiger charge is -2.06. The third kappa shape index (κ3) is 5.54. The zero-order valence-corrected chi connectivity index (χ0v) is 18.5. The predicted molar refractivity (Wildman–Crippen MR) is 116 cm³/mol. The van der Waals surface area contributed by atoms with E-state index >= 15 is 0 Å². The van der Waals surface area contributed by atoms with Crippen molar-refractivity contribution in [2.45, 2.75) is 30.6 Å². The molecule has 0 radical (unpaired) electrons. The van der Waals surface area contributed by atoms with E-state index in [1.165, 1.54) is 0 Å². The summed E-state index contributed by atoms with van der Waals surface area (Å²) in [6.07, 6.45) is 2.26. The fraction of sp³-hybridized carbons (Fsp3) is 0.286. The Morgan fingerprint density at radius 2 is 1.73 bits per heavy atom. The highest BCUT2D eigenvalue weighted by Gasteiger charge is 2.29. The smallest absolute Gasteiger partial charge is 0.306 e. The van der Waals surface area contributed by atoms with E-state index in [0.717, 1.165) is 6.42 Å². The van der Waals surface area contributed by atoms with Crippen molar-refractivity contribution in [2.24, 2.45) is 4.99 Å². The summed E-state index contributed by atoms with van der Waals surface area (Å²) in [7, 11) is -3.52. The van der Waals surface area contributed by atoms with Crippen molar-refractivity contribution in [3.63, 3.8) is 0 Å². The molecule has 1 heterocycles. The number of nitrogens with one attached hydrogen (secondary N) is 1. The van der Waals surface area contributed by atoms with Crippen LogP contribution in [0.1, 0.15) is 41.6 Å². The van der Waals surface area contributed by atoms with Crippen LogP contribution in [0.25, 0.3) is 0 Å². The van der Waals surface area contributed by atoms with Gasteiger partial charge in [0, 0.05) is 28.6 Å². The number of sulfonamides is 1. The Balaban J connectivity index is 1.36. The summed E-state index contributed by atoms with van der Waals surface area (Å²) < 4.78 is 32.2. The molecular formula is C21H21BrN2O5S. The summed E-state index contributed by atoms with van der Waals surface area (Å²) in [4.78, 5) is 28.5. The van der Waals surface area contributed by atoms with Crippen molar-refractivity contribution in [2.75, 3.05) is 13.2 Å². The Kier molecular flexibility index (Phi) is 7.38. The molecule has 0 aliphatic carbocycles. The monoisotopic (exact) mass is 492 g/mol. The first-order valence-corrected chi connectivity index (χ1v) is 11.8. The van der Waals surface area contributed by atoms with E-state index in [2.05, 4.69) is 25.6 Å². The van der Waals surface area contributed by atoms with Crippen LogP contribution < -0.4 is 4.72 Å². The molecule has 2 aromatic carbocycles. The summed E-state index contributed by atoms with van der Waals surface area (Å²) in [5, 5.41) is 0. The van der Waals surface area contributed by atoms with Gasteiger partial charge in [-0.1, -0.05) is 52.7 Å². The van der Waals surface area contributed by atoms with Gasteiger partial charge in [0.2, 0.25) is 5.78 Å². The number of halogens is 1. The maximum Gasteiger partial charge on any atom is 0.306 e. The number of hydrogen-bond donors (Lipinski definition) is 1. The largest absolute Gasteiger partial charge is 0.457 e. The van der Waals surface area contributed by atoms with Gasteiger partial charge in [0.1, 0.15) is 5.84 Å². The van der Waals surface area contributed by atoms with Crippen LogP contribution in [0, 0.1) is 0 Å². The average Bonchev–Trinajstić information content (AvgIpc) is 2.99. The number of esters is 1. The third-order valence-electron chi connectivity index (χ3n) is 4.51. The molecule has 158 valence electrons. The lowest BCUT2D eigenvalue weighted by Crippen LogP contribution is -2.22. The summed E-state index contributed by atoms with van der Waals surface area (Å²) in [6, 6.07) is 13.7. The number of ketones is 1. The molecule has 1 aliphatic rings. The topological polar surface area (TPSA) is 102 Å². The standard InChI is InChI=1S/C21H21BrN2O5S/c22-17-10-5-3-8-15(17)18(25)14-29-20(26)12-2-1-7-13-23-21-16-9-4-6-11-19(16)30(27,28)24-21/h3-6,8-11H,1-2,7,12-14H2,(H,23,24). The van der Waals surface area contributed by atoms with E-state index < -0.39 is 16.0 Å². The molecule has 1 aliphatic heterocycles. The van der Waals surface area contributed by atoms with Crippen LogP contribution in [0.3, 0.4) is 0 Å². The first-order valence-electron chi connectivity index (χ1n) is 9.48. The number of aliphatic imine (C=N–C) groups is 1. The van der Waals surface area contributed by atoms with Crippen molar-refractivity contribution < 1.29 is 22.7 Å². The Morgan fingerprint density at radius 3 is 2.53 bits per heavy atom. The van der Waals surface area contributed by atoms with E-state index in [-0.39, 0.29) is 23.7 Å². The lowest BCUT2D eigenvalue weighted by atomic mass is 10.1. The van der Waals surface area contributed by atoms with Gasteiger partial charge in [0.15, 0.2) is 6.61 Å². The van der Waals surface area contributed by atoms with Crippen LogP contribution in [0.2, 0.25) is 0 Å². The lowest BCUT2D eigenvalue weighted by molar-refractivity contribution is -0.142. The van der Waals surface area contributed by atoms with Crippen molar-refractivity contribution in [3.8, 4) is 0 Å². The van der Waals surface area contributed by atoms with E-state index in [1.54, 1.807) is 48.5 Å². The quantitative estimate of drug-likeness (QED) is 0.328. The van der Waals surface area contributed by atoms with Gasteiger partial charge in [-0.3, -0.25) is 19.3 Å². The van der Waals surface area contributed by atoms with Gasteiger partial charge < -0.3 is 4.74 Å². The van der Waals surface area contributed by atoms with Crippen LogP contribution in [0.5, 0.6) is 0 Å². The van der Waals surface area contributed by atoms with E-state index in [9.17, 15) is 18.0 Å². The van der Waals surface area contributed by atoms with Gasteiger partial charge in [-0.25, -0.2) is 8.42 Å². The Bertz CT molecular complexity index is 1080. The zero-order valence-electron chi connectivity index (χ0n) is 16.1. The molecule has 0 spiro atoms. The predicted octanol–water partition coefficient (Wildman–Crippen LogP) is 3.47. The van der Waals surface area contributed by atoms with Crippen LogP contribution in [0.15, 0.2) is 62.9 Å². The van der Waals surface area contributed by atoms with Crippen molar-refractivity contribution in [3.05, 3.63) is 64.1 Å². The molecule has 0 amide bonds. The molecule has 0 saturated heterocycles. The molecule has 1 N–H and O–H groups in total. The van der Waals surface area contributed by atoms with Gasteiger partial charge >= 0.3 is 5.97 Å². The Hall–Kier alpha value is -2.52.